The molecule has 1 aromatic carbocycles. The number of halogens is 1. The molecular weight excluding hydrogens is 288 g/mol. The molecule has 0 saturated heterocycles. The van der Waals surface area contributed by atoms with Crippen molar-refractivity contribution >= 4 is 15.9 Å². The van der Waals surface area contributed by atoms with E-state index in [1.54, 1.807) is 0 Å². The highest BCUT2D eigenvalue weighted by molar-refractivity contribution is 9.10. The molecule has 2 heteroatoms. The zero-order chi connectivity index (χ0) is 12.4. The van der Waals surface area contributed by atoms with Gasteiger partial charge in [0.15, 0.2) is 0 Å². The quantitative estimate of drug-likeness (QED) is 0.620. The van der Waals surface area contributed by atoms with Gasteiger partial charge >= 0.3 is 0 Å². The molecule has 2 saturated carbocycles. The van der Waals surface area contributed by atoms with Crippen LogP contribution in [-0.4, -0.2) is 9.43 Å². The molecule has 0 heterocycles. The van der Waals surface area contributed by atoms with Crippen molar-refractivity contribution in [2.24, 2.45) is 17.8 Å². The van der Waals surface area contributed by atoms with E-state index in [2.05, 4.69) is 40.2 Å². The first-order chi connectivity index (χ1) is 8.66. The van der Waals surface area contributed by atoms with Gasteiger partial charge in [-0.15, -0.1) is 0 Å². The van der Waals surface area contributed by atoms with Gasteiger partial charge in [-0.1, -0.05) is 58.4 Å². The highest BCUT2D eigenvalue weighted by atomic mass is 79.9. The number of benzene rings is 1. The first-order valence-corrected chi connectivity index (χ1v) is 7.61. The molecule has 5 atom stereocenters. The summed E-state index contributed by atoms with van der Waals surface area (Å²) in [5.74, 6) is 1.41. The summed E-state index contributed by atoms with van der Waals surface area (Å²) >= 11 is 3.95. The van der Waals surface area contributed by atoms with E-state index < -0.39 is 5.60 Å². The molecular formula is C16H17BrO. The van der Waals surface area contributed by atoms with Crippen molar-refractivity contribution < 1.29 is 5.11 Å². The maximum Gasteiger partial charge on any atom is 0.109 e. The lowest BCUT2D eigenvalue weighted by Gasteiger charge is -2.49. The van der Waals surface area contributed by atoms with Gasteiger partial charge in [0.05, 0.1) is 4.32 Å². The van der Waals surface area contributed by atoms with E-state index in [4.69, 9.17) is 0 Å². The van der Waals surface area contributed by atoms with Crippen LogP contribution in [0.3, 0.4) is 0 Å². The van der Waals surface area contributed by atoms with Crippen LogP contribution in [0.4, 0.5) is 0 Å². The van der Waals surface area contributed by atoms with E-state index >= 15 is 0 Å². The van der Waals surface area contributed by atoms with Crippen LogP contribution in [0.25, 0.3) is 0 Å². The van der Waals surface area contributed by atoms with Crippen molar-refractivity contribution in [1.29, 1.82) is 0 Å². The Morgan fingerprint density at radius 1 is 1.17 bits per heavy atom. The summed E-state index contributed by atoms with van der Waals surface area (Å²) in [7, 11) is 0. The molecule has 1 N–H and O–H groups in total. The Morgan fingerprint density at radius 2 is 1.94 bits per heavy atom. The normalized spacial score (nSPS) is 48.7. The van der Waals surface area contributed by atoms with Gasteiger partial charge in [0, 0.05) is 0 Å². The summed E-state index contributed by atoms with van der Waals surface area (Å²) in [6, 6.07) is 10.3. The van der Waals surface area contributed by atoms with Crippen molar-refractivity contribution in [3.63, 3.8) is 0 Å². The Kier molecular flexibility index (Phi) is 2.18. The second kappa shape index (κ2) is 3.49. The fourth-order valence-electron chi connectivity index (χ4n) is 4.58. The fourth-order valence-corrected chi connectivity index (χ4v) is 5.67. The molecule has 0 aliphatic heterocycles. The number of hydrogen-bond donors (Lipinski definition) is 1. The Labute approximate surface area is 116 Å². The smallest absolute Gasteiger partial charge is 0.109 e. The van der Waals surface area contributed by atoms with E-state index in [1.165, 1.54) is 6.42 Å². The summed E-state index contributed by atoms with van der Waals surface area (Å²) < 4.78 is -0.157. The molecule has 3 aliphatic rings. The van der Waals surface area contributed by atoms with Gasteiger partial charge in [-0.2, -0.15) is 0 Å². The molecule has 5 unspecified atom stereocenters. The van der Waals surface area contributed by atoms with Gasteiger partial charge in [0.25, 0.3) is 0 Å². The molecule has 0 radical (unpaired) electrons. The summed E-state index contributed by atoms with van der Waals surface area (Å²) in [5.41, 5.74) is 0.383. The third kappa shape index (κ3) is 1.12. The number of rotatable bonds is 1. The van der Waals surface area contributed by atoms with Gasteiger partial charge in [-0.25, -0.2) is 0 Å². The molecule has 4 bridgehead atoms. The highest BCUT2D eigenvalue weighted by Crippen LogP contribution is 2.67. The van der Waals surface area contributed by atoms with Gasteiger partial charge in [-0.05, 0) is 42.6 Å². The number of aliphatic hydroxyl groups is 1. The Balaban J connectivity index is 1.91. The summed E-state index contributed by atoms with van der Waals surface area (Å²) in [6.07, 6.45) is 8.08. The van der Waals surface area contributed by atoms with Crippen LogP contribution < -0.4 is 0 Å². The first kappa shape index (κ1) is 11.2. The second-order valence-electron chi connectivity index (χ2n) is 6.03. The lowest BCUT2D eigenvalue weighted by atomic mass is 9.64. The van der Waals surface area contributed by atoms with E-state index in [1.807, 2.05) is 18.2 Å². The molecule has 1 aromatic rings. The van der Waals surface area contributed by atoms with Crippen LogP contribution in [0.5, 0.6) is 0 Å². The van der Waals surface area contributed by atoms with E-state index in [0.29, 0.717) is 17.8 Å². The Morgan fingerprint density at radius 3 is 2.72 bits per heavy atom. The van der Waals surface area contributed by atoms with Crippen molar-refractivity contribution in [2.45, 2.75) is 29.2 Å². The minimum absolute atomic E-state index is 0.157. The fraction of sp³-hybridized carbons (Fsp3) is 0.500. The molecule has 1 nitrogen and oxygen atoms in total. The van der Waals surface area contributed by atoms with Gasteiger partial charge < -0.3 is 5.11 Å². The minimum atomic E-state index is -0.703. The van der Waals surface area contributed by atoms with Crippen molar-refractivity contribution in [1.82, 2.24) is 0 Å². The molecule has 4 rings (SSSR count). The number of allylic oxidation sites excluding steroid dienone is 2. The van der Waals surface area contributed by atoms with Gasteiger partial charge in [-0.3, -0.25) is 0 Å². The average Bonchev–Trinajstić information content (AvgIpc) is 2.90. The lowest BCUT2D eigenvalue weighted by Crippen LogP contribution is -2.54. The number of alkyl halides is 1. The zero-order valence-corrected chi connectivity index (χ0v) is 11.8. The monoisotopic (exact) mass is 304 g/mol. The SMILES string of the molecule is OC1(c2ccccc2)C2CCC1(Br)C1C=CC2C1. The second-order valence-corrected chi connectivity index (χ2v) is 7.45. The summed E-state index contributed by atoms with van der Waals surface area (Å²) in [4.78, 5) is 0. The molecule has 18 heavy (non-hydrogen) atoms. The molecule has 0 spiro atoms. The van der Waals surface area contributed by atoms with Crippen LogP contribution in [0, 0.1) is 17.8 Å². The van der Waals surface area contributed by atoms with Crippen molar-refractivity contribution in [3.05, 3.63) is 48.0 Å². The summed E-state index contributed by atoms with van der Waals surface area (Å²) in [5, 5.41) is 11.5. The van der Waals surface area contributed by atoms with Crippen LogP contribution in [0.2, 0.25) is 0 Å². The standard InChI is InChI=1S/C16H17BrO/c17-15-9-8-14(11-6-7-13(15)10-11)16(15,18)12-4-2-1-3-5-12/h1-7,11,13-14,18H,8-10H2. The maximum atomic E-state index is 11.5. The van der Waals surface area contributed by atoms with Crippen LogP contribution in [0.15, 0.2) is 42.5 Å². The molecule has 0 aromatic heterocycles. The molecule has 0 amide bonds. The molecule has 3 aliphatic carbocycles. The maximum absolute atomic E-state index is 11.5. The third-order valence-corrected chi connectivity index (χ3v) is 7.01. The largest absolute Gasteiger partial charge is 0.383 e. The van der Waals surface area contributed by atoms with Crippen molar-refractivity contribution in [3.8, 4) is 0 Å². The van der Waals surface area contributed by atoms with Crippen LogP contribution in [0.1, 0.15) is 24.8 Å². The third-order valence-electron chi connectivity index (χ3n) is 5.42. The first-order valence-electron chi connectivity index (χ1n) is 6.81. The Bertz CT molecular complexity index is 511. The van der Waals surface area contributed by atoms with E-state index in [0.717, 1.165) is 18.4 Å². The number of fused-ring (bicyclic) bond motifs is 6. The van der Waals surface area contributed by atoms with E-state index in [9.17, 15) is 5.11 Å². The summed E-state index contributed by atoms with van der Waals surface area (Å²) in [6.45, 7) is 0. The van der Waals surface area contributed by atoms with Crippen molar-refractivity contribution in [2.75, 3.05) is 0 Å². The van der Waals surface area contributed by atoms with Gasteiger partial charge in [0.1, 0.15) is 5.60 Å². The molecule has 94 valence electrons. The topological polar surface area (TPSA) is 20.2 Å². The predicted octanol–water partition coefficient (Wildman–Crippen LogP) is 3.62. The van der Waals surface area contributed by atoms with Gasteiger partial charge in [0.2, 0.25) is 0 Å². The van der Waals surface area contributed by atoms with Crippen LogP contribution >= 0.6 is 15.9 Å². The van der Waals surface area contributed by atoms with Crippen LogP contribution in [-0.2, 0) is 5.60 Å². The minimum Gasteiger partial charge on any atom is -0.383 e. The number of hydrogen-bond acceptors (Lipinski definition) is 1. The average molecular weight is 305 g/mol. The van der Waals surface area contributed by atoms with E-state index in [-0.39, 0.29) is 4.32 Å². The predicted molar refractivity (Wildman–Crippen MR) is 75.5 cm³/mol. The zero-order valence-electron chi connectivity index (χ0n) is 10.2. The highest BCUT2D eigenvalue weighted by Gasteiger charge is 2.67. The lowest BCUT2D eigenvalue weighted by molar-refractivity contribution is -0.0710. The molecule has 2 fully saturated rings. The Hall–Kier alpha value is -0.600.